The summed E-state index contributed by atoms with van der Waals surface area (Å²) in [5, 5.41) is 8.68. The minimum atomic E-state index is 0.0717. The molecule has 0 spiro atoms. The van der Waals surface area contributed by atoms with E-state index in [1.165, 1.54) is 0 Å². The number of piperazine rings is 1. The van der Waals surface area contributed by atoms with Crippen molar-refractivity contribution in [2.45, 2.75) is 32.9 Å². The summed E-state index contributed by atoms with van der Waals surface area (Å²) < 4.78 is 5.76. The Kier molecular flexibility index (Phi) is 5.65. The first-order valence-corrected chi connectivity index (χ1v) is 9.42. The molecule has 2 heterocycles. The summed E-state index contributed by atoms with van der Waals surface area (Å²) in [6, 6.07) is 9.80. The van der Waals surface area contributed by atoms with E-state index in [1.54, 1.807) is 12.3 Å². The molecule has 1 aliphatic rings. The molecule has 1 aromatic carbocycles. The van der Waals surface area contributed by atoms with E-state index in [4.69, 9.17) is 15.9 Å². The summed E-state index contributed by atoms with van der Waals surface area (Å²) in [5.41, 5.74) is 8.58. The maximum Gasteiger partial charge on any atom is 0.129 e. The van der Waals surface area contributed by atoms with Gasteiger partial charge in [0.15, 0.2) is 0 Å². The van der Waals surface area contributed by atoms with E-state index in [2.05, 4.69) is 28.8 Å². The molecule has 144 valence electrons. The molecule has 1 unspecified atom stereocenters. The van der Waals surface area contributed by atoms with Gasteiger partial charge >= 0.3 is 0 Å². The Morgan fingerprint density at radius 3 is 2.74 bits per heavy atom. The van der Waals surface area contributed by atoms with Crippen LogP contribution in [0, 0.1) is 5.41 Å². The summed E-state index contributed by atoms with van der Waals surface area (Å²) in [6.45, 7) is 9.05. The van der Waals surface area contributed by atoms with Crippen molar-refractivity contribution in [3.05, 3.63) is 47.7 Å². The number of nitrogens with one attached hydrogen (secondary N) is 1. The Morgan fingerprint density at radius 2 is 2.04 bits per heavy atom. The van der Waals surface area contributed by atoms with Crippen molar-refractivity contribution >= 4 is 17.2 Å². The minimum absolute atomic E-state index is 0.0717. The third-order valence-electron chi connectivity index (χ3n) is 4.98. The molecule has 2 aromatic rings. The fourth-order valence-corrected chi connectivity index (χ4v) is 3.26. The van der Waals surface area contributed by atoms with E-state index in [1.807, 2.05) is 38.1 Å². The van der Waals surface area contributed by atoms with Gasteiger partial charge in [0.25, 0.3) is 0 Å². The molecule has 27 heavy (non-hydrogen) atoms. The van der Waals surface area contributed by atoms with Crippen LogP contribution >= 0.6 is 0 Å². The highest BCUT2D eigenvalue weighted by Gasteiger charge is 2.22. The van der Waals surface area contributed by atoms with Crippen LogP contribution in [0.5, 0.6) is 5.75 Å². The van der Waals surface area contributed by atoms with E-state index in [9.17, 15) is 0 Å². The fraction of sp³-hybridized carbons (Fsp3) is 0.429. The standard InChI is InChI=1S/C21H29N5O/c1-14(2)27-17-5-6-19(22)18(12-17)21(23)16-7-8-24-20(11-16)26-10-9-25(4)15(3)13-26/h5-8,11-12,14-15,23H,9-10,13,22H2,1-4H3. The highest BCUT2D eigenvalue weighted by Crippen LogP contribution is 2.25. The van der Waals surface area contributed by atoms with Gasteiger partial charge in [-0.05, 0) is 58.2 Å². The molecular formula is C21H29N5O. The zero-order chi connectivity index (χ0) is 19.6. The van der Waals surface area contributed by atoms with Crippen LogP contribution in [0.3, 0.4) is 0 Å². The van der Waals surface area contributed by atoms with E-state index in [-0.39, 0.29) is 6.10 Å². The van der Waals surface area contributed by atoms with Crippen LogP contribution in [0.15, 0.2) is 36.5 Å². The SMILES string of the molecule is CC(C)Oc1ccc(N)c(C(=N)c2ccnc(N3CCN(C)C(C)C3)c2)c1. The molecule has 0 aliphatic carbocycles. The quantitative estimate of drug-likeness (QED) is 0.627. The van der Waals surface area contributed by atoms with Crippen LogP contribution in [0.25, 0.3) is 0 Å². The number of benzene rings is 1. The number of nitrogens with zero attached hydrogens (tertiary/aromatic N) is 3. The number of nitrogen functional groups attached to an aromatic ring is 1. The number of aromatic nitrogens is 1. The molecule has 1 aliphatic heterocycles. The van der Waals surface area contributed by atoms with Gasteiger partial charge < -0.3 is 20.3 Å². The Bertz CT molecular complexity index is 820. The highest BCUT2D eigenvalue weighted by atomic mass is 16.5. The second-order valence-electron chi connectivity index (χ2n) is 7.47. The zero-order valence-electron chi connectivity index (χ0n) is 16.6. The van der Waals surface area contributed by atoms with Gasteiger partial charge in [0, 0.05) is 48.7 Å². The summed E-state index contributed by atoms with van der Waals surface area (Å²) in [6.07, 6.45) is 1.84. The van der Waals surface area contributed by atoms with Crippen LogP contribution < -0.4 is 15.4 Å². The van der Waals surface area contributed by atoms with Crippen molar-refractivity contribution in [1.29, 1.82) is 5.41 Å². The zero-order valence-corrected chi connectivity index (χ0v) is 16.6. The van der Waals surface area contributed by atoms with Crippen molar-refractivity contribution in [3.63, 3.8) is 0 Å². The van der Waals surface area contributed by atoms with Gasteiger partial charge in [0.2, 0.25) is 0 Å². The molecular weight excluding hydrogens is 338 g/mol. The maximum atomic E-state index is 8.68. The van der Waals surface area contributed by atoms with Crippen LogP contribution in [0.4, 0.5) is 11.5 Å². The second kappa shape index (κ2) is 7.96. The smallest absolute Gasteiger partial charge is 0.129 e. The van der Waals surface area contributed by atoms with E-state index in [0.717, 1.165) is 36.8 Å². The number of ether oxygens (including phenoxy) is 1. The average molecular weight is 367 g/mol. The fourth-order valence-electron chi connectivity index (χ4n) is 3.26. The maximum absolute atomic E-state index is 8.68. The molecule has 1 saturated heterocycles. The molecule has 1 atom stereocenters. The molecule has 1 fully saturated rings. The number of nitrogens with two attached hydrogens (primary N) is 1. The lowest BCUT2D eigenvalue weighted by Crippen LogP contribution is -2.50. The van der Waals surface area contributed by atoms with Crippen LogP contribution in [0.1, 0.15) is 31.9 Å². The molecule has 1 aromatic heterocycles. The van der Waals surface area contributed by atoms with Gasteiger partial charge in [-0.3, -0.25) is 5.41 Å². The lowest BCUT2D eigenvalue weighted by atomic mass is 10.0. The molecule has 3 N–H and O–H groups in total. The van der Waals surface area contributed by atoms with Crippen LogP contribution in [0.2, 0.25) is 0 Å². The number of likely N-dealkylation sites (N-methyl/N-ethyl adjacent to an activating group) is 1. The van der Waals surface area contributed by atoms with E-state index < -0.39 is 0 Å². The monoisotopic (exact) mass is 367 g/mol. The lowest BCUT2D eigenvalue weighted by molar-refractivity contribution is 0.233. The summed E-state index contributed by atoms with van der Waals surface area (Å²) in [4.78, 5) is 9.16. The first kappa shape index (κ1) is 19.2. The first-order valence-electron chi connectivity index (χ1n) is 9.42. The normalized spacial score (nSPS) is 18.0. The Hall–Kier alpha value is -2.60. The van der Waals surface area contributed by atoms with Gasteiger partial charge in [-0.25, -0.2) is 4.98 Å². The topological polar surface area (TPSA) is 78.5 Å². The molecule has 6 heteroatoms. The predicted octanol–water partition coefficient (Wildman–Crippen LogP) is 3.01. The highest BCUT2D eigenvalue weighted by molar-refractivity contribution is 6.14. The van der Waals surface area contributed by atoms with Gasteiger partial charge in [-0.15, -0.1) is 0 Å². The third kappa shape index (κ3) is 4.39. The predicted molar refractivity (Wildman–Crippen MR) is 111 cm³/mol. The molecule has 0 radical (unpaired) electrons. The van der Waals surface area contributed by atoms with Crippen LogP contribution in [-0.4, -0.2) is 54.4 Å². The molecule has 0 saturated carbocycles. The van der Waals surface area contributed by atoms with Crippen molar-refractivity contribution in [1.82, 2.24) is 9.88 Å². The van der Waals surface area contributed by atoms with Gasteiger partial charge in [0.1, 0.15) is 11.6 Å². The third-order valence-corrected chi connectivity index (χ3v) is 4.98. The number of hydrogen-bond donors (Lipinski definition) is 2. The largest absolute Gasteiger partial charge is 0.491 e. The van der Waals surface area contributed by atoms with Crippen molar-refractivity contribution in [2.24, 2.45) is 0 Å². The van der Waals surface area contributed by atoms with Gasteiger partial charge in [-0.1, -0.05) is 0 Å². The van der Waals surface area contributed by atoms with Crippen molar-refractivity contribution < 1.29 is 4.74 Å². The Labute approximate surface area is 161 Å². The number of pyridine rings is 1. The van der Waals surface area contributed by atoms with Gasteiger partial charge in [-0.2, -0.15) is 0 Å². The summed E-state index contributed by atoms with van der Waals surface area (Å²) in [7, 11) is 2.15. The summed E-state index contributed by atoms with van der Waals surface area (Å²) >= 11 is 0. The lowest BCUT2D eigenvalue weighted by Gasteiger charge is -2.38. The van der Waals surface area contributed by atoms with Gasteiger partial charge in [0.05, 0.1) is 11.8 Å². The number of rotatable bonds is 5. The first-order chi connectivity index (χ1) is 12.8. The molecule has 6 nitrogen and oxygen atoms in total. The van der Waals surface area contributed by atoms with Crippen molar-refractivity contribution in [3.8, 4) is 5.75 Å². The molecule has 3 rings (SSSR count). The van der Waals surface area contributed by atoms with E-state index in [0.29, 0.717) is 23.0 Å². The van der Waals surface area contributed by atoms with E-state index >= 15 is 0 Å². The number of hydrogen-bond acceptors (Lipinski definition) is 6. The minimum Gasteiger partial charge on any atom is -0.491 e. The van der Waals surface area contributed by atoms with Crippen molar-refractivity contribution in [2.75, 3.05) is 37.3 Å². The van der Waals surface area contributed by atoms with Crippen LogP contribution in [-0.2, 0) is 0 Å². The molecule has 0 bridgehead atoms. The Balaban J connectivity index is 1.86. The Morgan fingerprint density at radius 1 is 1.26 bits per heavy atom. The average Bonchev–Trinajstić information content (AvgIpc) is 2.64. The second-order valence-corrected chi connectivity index (χ2v) is 7.47. The number of anilines is 2. The summed E-state index contributed by atoms with van der Waals surface area (Å²) in [5.74, 6) is 1.63. The molecule has 0 amide bonds.